The Morgan fingerprint density at radius 1 is 1.50 bits per heavy atom. The summed E-state index contributed by atoms with van der Waals surface area (Å²) >= 11 is 1.53. The van der Waals surface area contributed by atoms with Crippen LogP contribution in [0.2, 0.25) is 0 Å². The normalized spacial score (nSPS) is 15.8. The van der Waals surface area contributed by atoms with E-state index in [9.17, 15) is 9.59 Å². The molecule has 2 rings (SSSR count). The number of rotatable bonds is 8. The zero-order valence-corrected chi connectivity index (χ0v) is 12.3. The Balaban J connectivity index is 1.68. The SMILES string of the molecule is CN(Cc1ccco1)C(=O)CSCC1(CC(=O)O)CC1. The molecule has 0 radical (unpaired) electrons. The average Bonchev–Trinajstić information content (AvgIpc) is 2.93. The third kappa shape index (κ3) is 4.30. The molecular formula is C14H19NO4S. The lowest BCUT2D eigenvalue weighted by atomic mass is 10.1. The van der Waals surface area contributed by atoms with Gasteiger partial charge in [-0.15, -0.1) is 0 Å². The van der Waals surface area contributed by atoms with Crippen LogP contribution in [0.3, 0.4) is 0 Å². The van der Waals surface area contributed by atoms with Gasteiger partial charge in [0.25, 0.3) is 0 Å². The van der Waals surface area contributed by atoms with Gasteiger partial charge in [0, 0.05) is 7.05 Å². The van der Waals surface area contributed by atoms with Crippen LogP contribution in [0, 0.1) is 5.41 Å². The summed E-state index contributed by atoms with van der Waals surface area (Å²) in [5, 5.41) is 8.83. The maximum absolute atomic E-state index is 11.9. The summed E-state index contributed by atoms with van der Waals surface area (Å²) in [6.45, 7) is 0.465. The van der Waals surface area contributed by atoms with Crippen molar-refractivity contribution in [2.24, 2.45) is 5.41 Å². The molecule has 1 aromatic heterocycles. The second-order valence-corrected chi connectivity index (χ2v) is 6.38. The highest BCUT2D eigenvalue weighted by Crippen LogP contribution is 2.50. The van der Waals surface area contributed by atoms with Gasteiger partial charge in [0.1, 0.15) is 5.76 Å². The zero-order valence-electron chi connectivity index (χ0n) is 11.5. The molecule has 0 saturated heterocycles. The molecule has 0 spiro atoms. The lowest BCUT2D eigenvalue weighted by Crippen LogP contribution is -2.28. The minimum atomic E-state index is -0.746. The van der Waals surface area contributed by atoms with Crippen molar-refractivity contribution in [2.45, 2.75) is 25.8 Å². The number of hydrogen-bond donors (Lipinski definition) is 1. The van der Waals surface area contributed by atoms with Crippen molar-refractivity contribution in [1.29, 1.82) is 0 Å². The molecule has 1 saturated carbocycles. The molecule has 0 unspecified atom stereocenters. The second kappa shape index (κ2) is 6.35. The van der Waals surface area contributed by atoms with E-state index in [1.54, 1.807) is 24.3 Å². The second-order valence-electron chi connectivity index (χ2n) is 5.39. The summed E-state index contributed by atoms with van der Waals surface area (Å²) < 4.78 is 5.20. The third-order valence-corrected chi connectivity index (χ3v) is 4.78. The molecule has 1 heterocycles. The van der Waals surface area contributed by atoms with Crippen molar-refractivity contribution in [3.05, 3.63) is 24.2 Å². The molecule has 0 bridgehead atoms. The van der Waals surface area contributed by atoms with Gasteiger partial charge in [0.05, 0.1) is 25.0 Å². The van der Waals surface area contributed by atoms with Crippen molar-refractivity contribution < 1.29 is 19.1 Å². The van der Waals surface area contributed by atoms with Crippen LogP contribution < -0.4 is 0 Å². The number of amides is 1. The van der Waals surface area contributed by atoms with E-state index in [4.69, 9.17) is 9.52 Å². The van der Waals surface area contributed by atoms with Gasteiger partial charge in [-0.05, 0) is 36.1 Å². The summed E-state index contributed by atoms with van der Waals surface area (Å²) in [4.78, 5) is 24.3. The van der Waals surface area contributed by atoms with Crippen LogP contribution in [0.5, 0.6) is 0 Å². The van der Waals surface area contributed by atoms with E-state index in [0.29, 0.717) is 12.3 Å². The number of thioether (sulfide) groups is 1. The number of nitrogens with zero attached hydrogens (tertiary/aromatic N) is 1. The number of hydrogen-bond acceptors (Lipinski definition) is 4. The molecule has 20 heavy (non-hydrogen) atoms. The summed E-state index contributed by atoms with van der Waals surface area (Å²) in [7, 11) is 1.75. The first-order valence-electron chi connectivity index (χ1n) is 6.57. The molecule has 6 heteroatoms. The molecule has 0 atom stereocenters. The van der Waals surface area contributed by atoms with Gasteiger partial charge >= 0.3 is 5.97 Å². The van der Waals surface area contributed by atoms with E-state index in [0.717, 1.165) is 24.4 Å². The molecule has 110 valence electrons. The van der Waals surface area contributed by atoms with Crippen LogP contribution in [-0.2, 0) is 16.1 Å². The lowest BCUT2D eigenvalue weighted by Gasteiger charge is -2.17. The zero-order chi connectivity index (χ0) is 14.6. The molecule has 5 nitrogen and oxygen atoms in total. The fourth-order valence-corrected chi connectivity index (χ4v) is 3.38. The monoisotopic (exact) mass is 297 g/mol. The van der Waals surface area contributed by atoms with Crippen LogP contribution in [0.15, 0.2) is 22.8 Å². The topological polar surface area (TPSA) is 70.8 Å². The van der Waals surface area contributed by atoms with E-state index in [1.165, 1.54) is 11.8 Å². The van der Waals surface area contributed by atoms with E-state index >= 15 is 0 Å². The minimum absolute atomic E-state index is 0.0394. The van der Waals surface area contributed by atoms with Gasteiger partial charge in [-0.3, -0.25) is 9.59 Å². The Hall–Kier alpha value is -1.43. The molecule has 1 aliphatic rings. The Morgan fingerprint density at radius 3 is 2.80 bits per heavy atom. The Morgan fingerprint density at radius 2 is 2.25 bits per heavy atom. The third-order valence-electron chi connectivity index (χ3n) is 3.52. The van der Waals surface area contributed by atoms with E-state index < -0.39 is 5.97 Å². The summed E-state index contributed by atoms with van der Waals surface area (Å²) in [6, 6.07) is 3.63. The molecule has 1 aromatic rings. The van der Waals surface area contributed by atoms with Crippen LogP contribution >= 0.6 is 11.8 Å². The molecule has 1 aliphatic carbocycles. The van der Waals surface area contributed by atoms with E-state index in [1.807, 2.05) is 6.07 Å². The fraction of sp³-hybridized carbons (Fsp3) is 0.571. The van der Waals surface area contributed by atoms with Crippen molar-refractivity contribution in [2.75, 3.05) is 18.6 Å². The highest BCUT2D eigenvalue weighted by atomic mass is 32.2. The molecule has 0 aliphatic heterocycles. The molecule has 1 N–H and O–H groups in total. The number of carboxylic acid groups (broad SMARTS) is 1. The predicted octanol–water partition coefficient (Wildman–Crippen LogP) is 2.23. The molecular weight excluding hydrogens is 278 g/mol. The Bertz CT molecular complexity index is 468. The van der Waals surface area contributed by atoms with Crippen molar-refractivity contribution in [3.63, 3.8) is 0 Å². The van der Waals surface area contributed by atoms with Gasteiger partial charge in [-0.1, -0.05) is 0 Å². The van der Waals surface area contributed by atoms with Crippen molar-refractivity contribution >= 4 is 23.6 Å². The van der Waals surface area contributed by atoms with Gasteiger partial charge in [-0.25, -0.2) is 0 Å². The Labute approximate surface area is 122 Å². The average molecular weight is 297 g/mol. The number of carbonyl (C=O) groups is 2. The summed E-state index contributed by atoms with van der Waals surface area (Å²) in [5.74, 6) is 1.19. The molecule has 0 aromatic carbocycles. The largest absolute Gasteiger partial charge is 0.481 e. The predicted molar refractivity (Wildman–Crippen MR) is 76.4 cm³/mol. The van der Waals surface area contributed by atoms with Crippen LogP contribution in [0.1, 0.15) is 25.0 Å². The first kappa shape index (κ1) is 15.0. The van der Waals surface area contributed by atoms with Crippen LogP contribution in [-0.4, -0.2) is 40.4 Å². The maximum atomic E-state index is 11.9. The maximum Gasteiger partial charge on any atom is 0.303 e. The lowest BCUT2D eigenvalue weighted by molar-refractivity contribution is -0.138. The minimum Gasteiger partial charge on any atom is -0.481 e. The van der Waals surface area contributed by atoms with Crippen LogP contribution in [0.4, 0.5) is 0 Å². The summed E-state index contributed by atoms with van der Waals surface area (Å²) in [5.41, 5.74) is -0.0592. The van der Waals surface area contributed by atoms with Crippen molar-refractivity contribution in [3.8, 4) is 0 Å². The molecule has 1 amide bonds. The number of furan rings is 1. The van der Waals surface area contributed by atoms with Gasteiger partial charge in [0.15, 0.2) is 0 Å². The number of aliphatic carboxylic acids is 1. The highest BCUT2D eigenvalue weighted by molar-refractivity contribution is 7.99. The van der Waals surface area contributed by atoms with E-state index in [-0.39, 0.29) is 17.7 Å². The smallest absolute Gasteiger partial charge is 0.303 e. The summed E-state index contributed by atoms with van der Waals surface area (Å²) in [6.07, 6.45) is 3.73. The fourth-order valence-electron chi connectivity index (χ4n) is 2.06. The molecule has 1 fully saturated rings. The highest BCUT2D eigenvalue weighted by Gasteiger charge is 2.44. The number of carbonyl (C=O) groups excluding carboxylic acids is 1. The van der Waals surface area contributed by atoms with Gasteiger partial charge in [0.2, 0.25) is 5.91 Å². The quantitative estimate of drug-likeness (QED) is 0.796. The first-order valence-corrected chi connectivity index (χ1v) is 7.72. The van der Waals surface area contributed by atoms with E-state index in [2.05, 4.69) is 0 Å². The number of carboxylic acids is 1. The standard InChI is InChI=1S/C14H19NO4S/c1-15(8-11-3-2-6-19-11)12(16)9-20-10-14(4-5-14)7-13(17)18/h2-3,6H,4-5,7-10H2,1H3,(H,17,18). The Kier molecular flexibility index (Phi) is 4.75. The van der Waals surface area contributed by atoms with Gasteiger partial charge in [-0.2, -0.15) is 11.8 Å². The van der Waals surface area contributed by atoms with Crippen LogP contribution in [0.25, 0.3) is 0 Å². The first-order chi connectivity index (χ1) is 9.51. The van der Waals surface area contributed by atoms with Crippen molar-refractivity contribution in [1.82, 2.24) is 4.90 Å². The van der Waals surface area contributed by atoms with Gasteiger partial charge < -0.3 is 14.4 Å².